The van der Waals surface area contributed by atoms with Crippen molar-refractivity contribution >= 4 is 5.57 Å². The number of phenolic OH excluding ortho intramolecular Hbond substituents is 1. The molecule has 0 spiro atoms. The third-order valence-electron chi connectivity index (χ3n) is 6.91. The summed E-state index contributed by atoms with van der Waals surface area (Å²) in [6.07, 6.45) is 5.83. The fraction of sp³-hybridized carbons (Fsp3) is 0.235. The molecule has 0 fully saturated rings. The van der Waals surface area contributed by atoms with Crippen molar-refractivity contribution in [2.75, 3.05) is 13.7 Å². The first-order valence-corrected chi connectivity index (χ1v) is 13.0. The van der Waals surface area contributed by atoms with E-state index in [1.807, 2.05) is 24.3 Å². The number of unbranched alkanes of at least 4 members (excludes halogenated alkanes) is 3. The molecule has 0 amide bonds. The van der Waals surface area contributed by atoms with E-state index < -0.39 is 0 Å². The number of benzene rings is 4. The summed E-state index contributed by atoms with van der Waals surface area (Å²) >= 11 is 0. The minimum absolute atomic E-state index is 0.116. The van der Waals surface area contributed by atoms with Crippen LogP contribution in [0, 0.1) is 0 Å². The van der Waals surface area contributed by atoms with Crippen molar-refractivity contribution in [3.8, 4) is 44.9 Å². The van der Waals surface area contributed by atoms with Gasteiger partial charge in [-0.15, -0.1) is 0 Å². The highest BCUT2D eigenvalue weighted by molar-refractivity contribution is 5.85. The van der Waals surface area contributed by atoms with Crippen LogP contribution in [0.1, 0.15) is 43.7 Å². The summed E-state index contributed by atoms with van der Waals surface area (Å²) in [4.78, 5) is 0. The van der Waals surface area contributed by atoms with Gasteiger partial charge in [-0.1, -0.05) is 87.4 Å². The molecule has 0 aliphatic carbocycles. The summed E-state index contributed by atoms with van der Waals surface area (Å²) in [5.74, 6) is 1.08. The van der Waals surface area contributed by atoms with Crippen LogP contribution in [0.2, 0.25) is 0 Å². The van der Waals surface area contributed by atoms with E-state index in [1.54, 1.807) is 19.2 Å². The van der Waals surface area contributed by atoms with Crippen LogP contribution in [-0.4, -0.2) is 23.9 Å². The van der Waals surface area contributed by atoms with Gasteiger partial charge in [0.15, 0.2) is 0 Å². The Kier molecular flexibility index (Phi) is 8.81. The number of ether oxygens (including phenoxy) is 1. The number of hydrogen-bond donors (Lipinski definition) is 2. The monoisotopic (exact) mass is 492 g/mol. The third-order valence-corrected chi connectivity index (χ3v) is 6.91. The molecule has 0 heterocycles. The van der Waals surface area contributed by atoms with E-state index in [0.717, 1.165) is 40.8 Å². The molecule has 0 atom stereocenters. The van der Waals surface area contributed by atoms with Gasteiger partial charge in [0.25, 0.3) is 0 Å². The molecule has 190 valence electrons. The molecular weight excluding hydrogens is 456 g/mol. The normalized spacial score (nSPS) is 10.9. The van der Waals surface area contributed by atoms with Crippen molar-refractivity contribution in [3.05, 3.63) is 103 Å². The average Bonchev–Trinajstić information content (AvgIpc) is 2.95. The topological polar surface area (TPSA) is 49.7 Å². The van der Waals surface area contributed by atoms with Crippen LogP contribution < -0.4 is 4.74 Å². The van der Waals surface area contributed by atoms with Crippen LogP contribution >= 0.6 is 0 Å². The molecule has 4 aromatic rings. The van der Waals surface area contributed by atoms with Crippen LogP contribution in [-0.2, 0) is 6.42 Å². The van der Waals surface area contributed by atoms with Gasteiger partial charge in [0.2, 0.25) is 0 Å². The van der Waals surface area contributed by atoms with Gasteiger partial charge in [-0.2, -0.15) is 0 Å². The number of aromatic hydroxyl groups is 1. The van der Waals surface area contributed by atoms with Gasteiger partial charge < -0.3 is 14.9 Å². The second-order valence-corrected chi connectivity index (χ2v) is 9.48. The molecule has 0 aromatic heterocycles. The summed E-state index contributed by atoms with van der Waals surface area (Å²) < 4.78 is 5.33. The summed E-state index contributed by atoms with van der Waals surface area (Å²) in [6.45, 7) is 6.25. The largest absolute Gasteiger partial charge is 0.508 e. The van der Waals surface area contributed by atoms with Crippen LogP contribution in [0.15, 0.2) is 91.5 Å². The number of aryl methyl sites for hydroxylation is 1. The molecule has 0 aliphatic rings. The van der Waals surface area contributed by atoms with Gasteiger partial charge >= 0.3 is 0 Å². The second-order valence-electron chi connectivity index (χ2n) is 9.48. The zero-order chi connectivity index (χ0) is 26.2. The minimum Gasteiger partial charge on any atom is -0.508 e. The number of rotatable bonds is 11. The third kappa shape index (κ3) is 6.31. The summed E-state index contributed by atoms with van der Waals surface area (Å²) in [6, 6.07) is 28.4. The van der Waals surface area contributed by atoms with Crippen molar-refractivity contribution in [3.63, 3.8) is 0 Å². The molecule has 4 aromatic carbocycles. The van der Waals surface area contributed by atoms with Gasteiger partial charge in [0.05, 0.1) is 13.7 Å². The molecule has 0 unspecified atom stereocenters. The summed E-state index contributed by atoms with van der Waals surface area (Å²) in [5, 5.41) is 19.7. The predicted molar refractivity (Wildman–Crippen MR) is 155 cm³/mol. The van der Waals surface area contributed by atoms with Crippen molar-refractivity contribution < 1.29 is 14.9 Å². The van der Waals surface area contributed by atoms with Crippen molar-refractivity contribution in [1.82, 2.24) is 0 Å². The number of methoxy groups -OCH3 is 1. The first kappa shape index (κ1) is 26.2. The first-order chi connectivity index (χ1) is 18.0. The zero-order valence-corrected chi connectivity index (χ0v) is 21.8. The Labute approximate surface area is 220 Å². The molecular formula is C34H36O3. The van der Waals surface area contributed by atoms with Crippen LogP contribution in [0.3, 0.4) is 0 Å². The molecule has 37 heavy (non-hydrogen) atoms. The van der Waals surface area contributed by atoms with E-state index in [-0.39, 0.29) is 12.4 Å². The Balaban J connectivity index is 1.77. The maximum atomic E-state index is 9.94. The van der Waals surface area contributed by atoms with Gasteiger partial charge in [-0.25, -0.2) is 0 Å². The van der Waals surface area contributed by atoms with Crippen molar-refractivity contribution in [2.24, 2.45) is 0 Å². The fourth-order valence-electron chi connectivity index (χ4n) is 4.77. The Hall–Kier alpha value is -3.82. The van der Waals surface area contributed by atoms with Crippen molar-refractivity contribution in [2.45, 2.75) is 39.0 Å². The Bertz CT molecular complexity index is 1330. The van der Waals surface area contributed by atoms with Crippen molar-refractivity contribution in [1.29, 1.82) is 0 Å². The van der Waals surface area contributed by atoms with Crippen LogP contribution in [0.25, 0.3) is 39.0 Å². The van der Waals surface area contributed by atoms with E-state index >= 15 is 0 Å². The first-order valence-electron chi connectivity index (χ1n) is 13.0. The quantitative estimate of drug-likeness (QED) is 0.206. The smallest absolute Gasteiger partial charge is 0.118 e. The Morgan fingerprint density at radius 1 is 0.730 bits per heavy atom. The fourth-order valence-corrected chi connectivity index (χ4v) is 4.77. The minimum atomic E-state index is -0.116. The highest BCUT2D eigenvalue weighted by atomic mass is 16.5. The highest BCUT2D eigenvalue weighted by Crippen LogP contribution is 2.36. The van der Waals surface area contributed by atoms with Crippen LogP contribution in [0.4, 0.5) is 0 Å². The maximum absolute atomic E-state index is 9.94. The maximum Gasteiger partial charge on any atom is 0.118 e. The lowest BCUT2D eigenvalue weighted by Gasteiger charge is -2.17. The lowest BCUT2D eigenvalue weighted by molar-refractivity contribution is 0.350. The predicted octanol–water partition coefficient (Wildman–Crippen LogP) is 8.53. The van der Waals surface area contributed by atoms with E-state index in [0.29, 0.717) is 5.57 Å². The number of aliphatic hydroxyl groups is 1. The molecule has 2 N–H and O–H groups in total. The van der Waals surface area contributed by atoms with Gasteiger partial charge in [-0.3, -0.25) is 0 Å². The molecule has 0 bridgehead atoms. The Morgan fingerprint density at radius 2 is 1.38 bits per heavy atom. The lowest BCUT2D eigenvalue weighted by Crippen LogP contribution is -1.97. The summed E-state index contributed by atoms with van der Waals surface area (Å²) in [7, 11) is 1.69. The molecule has 4 rings (SSSR count). The number of hydrogen-bond acceptors (Lipinski definition) is 3. The standard InChI is InChI=1S/C34H36O3/c1-4-5-6-7-8-28-21-27(25-11-17-31(37-3)18-12-25)13-19-32(28)29-14-20-33(34(22-29)24(2)23-35)26-9-15-30(36)16-10-26/h9-22,35-36H,2,4-8,23H2,1,3H3. The van der Waals surface area contributed by atoms with E-state index in [2.05, 4.69) is 62.0 Å². The molecule has 3 nitrogen and oxygen atoms in total. The molecule has 0 saturated heterocycles. The molecule has 3 heteroatoms. The number of aliphatic hydroxyl groups excluding tert-OH is 1. The van der Waals surface area contributed by atoms with E-state index in [4.69, 9.17) is 4.74 Å². The van der Waals surface area contributed by atoms with Crippen LogP contribution in [0.5, 0.6) is 11.5 Å². The summed E-state index contributed by atoms with van der Waals surface area (Å²) in [5.41, 5.74) is 9.55. The molecule has 0 saturated carbocycles. The second kappa shape index (κ2) is 12.4. The SMILES string of the molecule is C=C(CO)c1cc(-c2ccc(-c3ccc(OC)cc3)cc2CCCCCC)ccc1-c1ccc(O)cc1. The Morgan fingerprint density at radius 3 is 2.05 bits per heavy atom. The van der Waals surface area contributed by atoms with Gasteiger partial charge in [-0.05, 0) is 93.3 Å². The molecule has 0 aliphatic heterocycles. The lowest BCUT2D eigenvalue weighted by atomic mass is 9.88. The highest BCUT2D eigenvalue weighted by Gasteiger charge is 2.14. The zero-order valence-electron chi connectivity index (χ0n) is 21.8. The molecule has 0 radical (unpaired) electrons. The van der Waals surface area contributed by atoms with Gasteiger partial charge in [0, 0.05) is 0 Å². The van der Waals surface area contributed by atoms with E-state index in [1.165, 1.54) is 41.5 Å². The van der Waals surface area contributed by atoms with E-state index in [9.17, 15) is 10.2 Å². The van der Waals surface area contributed by atoms with Gasteiger partial charge in [0.1, 0.15) is 11.5 Å². The average molecular weight is 493 g/mol. The number of phenols is 1.